The van der Waals surface area contributed by atoms with E-state index in [1.54, 1.807) is 24.3 Å². The third kappa shape index (κ3) is 4.45. The number of aromatic nitrogens is 1. The number of benzene rings is 2. The number of fused-ring (bicyclic) bond motifs is 2. The van der Waals surface area contributed by atoms with Gasteiger partial charge in [-0.1, -0.05) is 52.9 Å². The van der Waals surface area contributed by atoms with E-state index < -0.39 is 17.1 Å². The molecular formula is C28H27N3O5S2. The Bertz CT molecular complexity index is 1440. The van der Waals surface area contributed by atoms with Crippen LogP contribution in [0.1, 0.15) is 41.2 Å². The molecule has 3 aliphatic rings. The van der Waals surface area contributed by atoms with Crippen molar-refractivity contribution in [2.45, 2.75) is 42.4 Å². The van der Waals surface area contributed by atoms with Crippen LogP contribution in [0, 0.1) is 12.8 Å². The first-order chi connectivity index (χ1) is 18.4. The molecule has 0 aliphatic carbocycles. The number of amides is 3. The number of H-pyrrole nitrogens is 1. The van der Waals surface area contributed by atoms with Gasteiger partial charge in [-0.3, -0.25) is 19.2 Å². The first kappa shape index (κ1) is 24.9. The molecule has 0 spiro atoms. The summed E-state index contributed by atoms with van der Waals surface area (Å²) in [6.45, 7) is 3.48. The maximum atomic E-state index is 13.8. The van der Waals surface area contributed by atoms with Crippen LogP contribution in [0.5, 0.6) is 5.75 Å². The number of carbonyl (C=O) groups excluding carboxylic acids is 3. The Morgan fingerprint density at radius 3 is 2.39 bits per heavy atom. The van der Waals surface area contributed by atoms with Crippen molar-refractivity contribution in [1.82, 2.24) is 9.88 Å². The zero-order valence-electron chi connectivity index (χ0n) is 20.8. The van der Waals surface area contributed by atoms with E-state index in [9.17, 15) is 19.2 Å². The third-order valence-electron chi connectivity index (χ3n) is 7.43. The molecule has 3 atom stereocenters. The molecule has 3 unspecified atom stereocenters. The fourth-order valence-electron chi connectivity index (χ4n) is 5.48. The highest BCUT2D eigenvalue weighted by atomic mass is 32.2. The van der Waals surface area contributed by atoms with Crippen molar-refractivity contribution in [3.8, 4) is 5.75 Å². The molecule has 3 amide bonds. The Morgan fingerprint density at radius 2 is 1.68 bits per heavy atom. The fraction of sp³-hybridized carbons (Fsp3) is 0.357. The SMILES string of the molecule is Cc1ccc(N2C(=O)C3Sc4[nH]c(=O)sc4C(c4ccc(OCC(=O)N5CCCCC5)cc4)C3C2=O)cc1. The summed E-state index contributed by atoms with van der Waals surface area (Å²) in [7, 11) is 0. The number of nitrogens with one attached hydrogen (secondary N) is 1. The number of rotatable bonds is 5. The van der Waals surface area contributed by atoms with E-state index in [0.717, 1.165) is 59.7 Å². The summed E-state index contributed by atoms with van der Waals surface area (Å²) in [6, 6.07) is 14.6. The lowest BCUT2D eigenvalue weighted by atomic mass is 9.83. The van der Waals surface area contributed by atoms with E-state index in [4.69, 9.17) is 4.74 Å². The second kappa shape index (κ2) is 10.1. The highest BCUT2D eigenvalue weighted by molar-refractivity contribution is 8.00. The number of hydrogen-bond donors (Lipinski definition) is 1. The van der Waals surface area contributed by atoms with Gasteiger partial charge in [0.25, 0.3) is 5.91 Å². The molecule has 2 fully saturated rings. The van der Waals surface area contributed by atoms with Gasteiger partial charge in [0.15, 0.2) is 6.61 Å². The molecule has 3 aliphatic heterocycles. The Morgan fingerprint density at radius 1 is 0.974 bits per heavy atom. The summed E-state index contributed by atoms with van der Waals surface area (Å²) in [5, 5.41) is 0.00950. The number of aromatic amines is 1. The number of anilines is 1. The Kier molecular flexibility index (Phi) is 6.61. The number of thiazole rings is 1. The van der Waals surface area contributed by atoms with E-state index in [0.29, 0.717) is 16.5 Å². The van der Waals surface area contributed by atoms with E-state index in [1.165, 1.54) is 16.7 Å². The highest BCUT2D eigenvalue weighted by Crippen LogP contribution is 2.53. The second-order valence-electron chi connectivity index (χ2n) is 9.90. The Hall–Kier alpha value is -3.37. The van der Waals surface area contributed by atoms with Crippen LogP contribution in [0.2, 0.25) is 0 Å². The van der Waals surface area contributed by atoms with Gasteiger partial charge in [0.2, 0.25) is 11.8 Å². The minimum atomic E-state index is -0.639. The van der Waals surface area contributed by atoms with Gasteiger partial charge in [0.05, 0.1) is 16.6 Å². The molecule has 0 bridgehead atoms. The minimum Gasteiger partial charge on any atom is -0.484 e. The molecular weight excluding hydrogens is 522 g/mol. The van der Waals surface area contributed by atoms with Gasteiger partial charge < -0.3 is 14.6 Å². The first-order valence-corrected chi connectivity index (χ1v) is 14.4. The molecule has 2 saturated heterocycles. The van der Waals surface area contributed by atoms with Gasteiger partial charge in [0, 0.05) is 23.9 Å². The van der Waals surface area contributed by atoms with Gasteiger partial charge in [-0.15, -0.1) is 0 Å². The van der Waals surface area contributed by atoms with Gasteiger partial charge in [0.1, 0.15) is 11.0 Å². The smallest absolute Gasteiger partial charge is 0.305 e. The van der Waals surface area contributed by atoms with Crippen molar-refractivity contribution in [1.29, 1.82) is 0 Å². The third-order valence-corrected chi connectivity index (χ3v) is 9.83. The molecule has 4 heterocycles. The Balaban J connectivity index is 1.27. The molecule has 3 aromatic rings. The maximum absolute atomic E-state index is 13.8. The summed E-state index contributed by atoms with van der Waals surface area (Å²) in [6.07, 6.45) is 3.21. The average molecular weight is 550 g/mol. The second-order valence-corrected chi connectivity index (χ2v) is 12.1. The van der Waals surface area contributed by atoms with Crippen LogP contribution in [0.15, 0.2) is 58.4 Å². The van der Waals surface area contributed by atoms with Crippen LogP contribution in [0.25, 0.3) is 0 Å². The predicted molar refractivity (Wildman–Crippen MR) is 146 cm³/mol. The van der Waals surface area contributed by atoms with E-state index >= 15 is 0 Å². The van der Waals surface area contributed by atoms with Crippen LogP contribution in [-0.4, -0.2) is 52.6 Å². The lowest BCUT2D eigenvalue weighted by Crippen LogP contribution is -2.38. The summed E-state index contributed by atoms with van der Waals surface area (Å²) in [4.78, 5) is 58.6. The summed E-state index contributed by atoms with van der Waals surface area (Å²) in [5.41, 5.74) is 2.41. The molecule has 196 valence electrons. The number of likely N-dealkylation sites (tertiary alicyclic amines) is 1. The van der Waals surface area contributed by atoms with Gasteiger partial charge in [-0.25, -0.2) is 4.90 Å². The van der Waals surface area contributed by atoms with Crippen LogP contribution >= 0.6 is 23.1 Å². The number of nitrogens with zero attached hydrogens (tertiary/aromatic N) is 2. The van der Waals surface area contributed by atoms with Crippen molar-refractivity contribution in [3.63, 3.8) is 0 Å². The molecule has 38 heavy (non-hydrogen) atoms. The summed E-state index contributed by atoms with van der Waals surface area (Å²) < 4.78 is 5.77. The molecule has 0 saturated carbocycles. The molecule has 1 aromatic heterocycles. The van der Waals surface area contributed by atoms with E-state index in [-0.39, 0.29) is 29.2 Å². The fourth-order valence-corrected chi connectivity index (χ4v) is 7.99. The molecule has 8 nitrogen and oxygen atoms in total. The van der Waals surface area contributed by atoms with Gasteiger partial charge in [-0.2, -0.15) is 0 Å². The van der Waals surface area contributed by atoms with Crippen molar-refractivity contribution in [3.05, 3.63) is 74.2 Å². The number of piperidine rings is 1. The number of thioether (sulfide) groups is 1. The normalized spacial score (nSPS) is 22.8. The first-order valence-electron chi connectivity index (χ1n) is 12.8. The van der Waals surface area contributed by atoms with Crippen molar-refractivity contribution in [2.24, 2.45) is 5.92 Å². The lowest BCUT2D eigenvalue weighted by Gasteiger charge is -2.30. The zero-order valence-corrected chi connectivity index (χ0v) is 22.5. The predicted octanol–water partition coefficient (Wildman–Crippen LogP) is 3.93. The number of ether oxygens (including phenoxy) is 1. The molecule has 2 aromatic carbocycles. The number of imide groups is 1. The van der Waals surface area contributed by atoms with Crippen LogP contribution < -0.4 is 14.5 Å². The molecule has 10 heteroatoms. The van der Waals surface area contributed by atoms with Crippen molar-refractivity contribution < 1.29 is 19.1 Å². The summed E-state index contributed by atoms with van der Waals surface area (Å²) >= 11 is 2.35. The highest BCUT2D eigenvalue weighted by Gasteiger charge is 2.56. The molecule has 1 N–H and O–H groups in total. The number of aryl methyl sites for hydroxylation is 1. The van der Waals surface area contributed by atoms with E-state index in [2.05, 4.69) is 4.98 Å². The number of carbonyl (C=O) groups is 3. The molecule has 0 radical (unpaired) electrons. The van der Waals surface area contributed by atoms with Crippen molar-refractivity contribution >= 4 is 46.5 Å². The van der Waals surface area contributed by atoms with Gasteiger partial charge >= 0.3 is 4.87 Å². The monoisotopic (exact) mass is 549 g/mol. The zero-order chi connectivity index (χ0) is 26.4. The average Bonchev–Trinajstić information content (AvgIpc) is 3.43. The lowest BCUT2D eigenvalue weighted by molar-refractivity contribution is -0.134. The standard InChI is InChI=1S/C28H27N3O5S2/c1-16-5-9-18(10-6-16)31-26(33)22-21(23-25(29-28(35)38-23)37-24(22)27(31)34)17-7-11-19(12-8-17)36-15-20(32)30-13-3-2-4-14-30/h5-12,21-22,24H,2-4,13-15H2,1H3,(H,29,35). The van der Waals surface area contributed by atoms with Crippen LogP contribution in [0.3, 0.4) is 0 Å². The minimum absolute atomic E-state index is 0.0195. The quantitative estimate of drug-likeness (QED) is 0.484. The van der Waals surface area contributed by atoms with Gasteiger partial charge in [-0.05, 0) is 56.0 Å². The Labute approximate surface area is 228 Å². The van der Waals surface area contributed by atoms with Crippen LogP contribution in [0.4, 0.5) is 5.69 Å². The van der Waals surface area contributed by atoms with Crippen LogP contribution in [-0.2, 0) is 14.4 Å². The summed E-state index contributed by atoms with van der Waals surface area (Å²) in [5.74, 6) is -1.09. The van der Waals surface area contributed by atoms with Crippen molar-refractivity contribution in [2.75, 3.05) is 24.6 Å². The number of hydrogen-bond acceptors (Lipinski definition) is 7. The topological polar surface area (TPSA) is 99.8 Å². The molecule has 6 rings (SSSR count). The maximum Gasteiger partial charge on any atom is 0.305 e. The van der Waals surface area contributed by atoms with E-state index in [1.807, 2.05) is 36.1 Å². The largest absolute Gasteiger partial charge is 0.484 e.